The number of hydrogen-bond donors (Lipinski definition) is 0. The summed E-state index contributed by atoms with van der Waals surface area (Å²) in [6, 6.07) is 4.35. The van der Waals surface area contributed by atoms with Crippen LogP contribution in [0.15, 0.2) is 12.1 Å². The lowest BCUT2D eigenvalue weighted by molar-refractivity contribution is -0.143. The van der Waals surface area contributed by atoms with Crippen molar-refractivity contribution < 1.29 is 14.3 Å². The number of esters is 1. The maximum absolute atomic E-state index is 11.7. The molecule has 0 bridgehead atoms. The van der Waals surface area contributed by atoms with Crippen LogP contribution in [0.5, 0.6) is 5.75 Å². The van der Waals surface area contributed by atoms with E-state index in [4.69, 9.17) is 9.47 Å². The molecule has 1 rings (SSSR count). The molecule has 0 fully saturated rings. The Morgan fingerprint density at radius 2 is 1.48 bits per heavy atom. The highest BCUT2D eigenvalue weighted by Gasteiger charge is 2.27. The van der Waals surface area contributed by atoms with E-state index >= 15 is 0 Å². The zero-order valence-electron chi connectivity index (χ0n) is 16.0. The molecule has 0 aliphatic heterocycles. The summed E-state index contributed by atoms with van der Waals surface area (Å²) >= 11 is 0. The predicted octanol–water partition coefficient (Wildman–Crippen LogP) is 4.79. The molecule has 0 saturated heterocycles. The van der Waals surface area contributed by atoms with Crippen LogP contribution in [-0.4, -0.2) is 19.7 Å². The number of benzene rings is 1. The Labute approximate surface area is 141 Å². The Balaban J connectivity index is 3.30. The first-order chi connectivity index (χ1) is 10.5. The normalized spacial score (nSPS) is 12.2. The van der Waals surface area contributed by atoms with E-state index in [0.29, 0.717) is 19.4 Å². The second-order valence-corrected chi connectivity index (χ2v) is 8.03. The SMILES string of the molecule is CCOC(=O)CCc1cc(C(C)(C)C)c(OC)c(C(C)(C)C)c1. The van der Waals surface area contributed by atoms with Crippen molar-refractivity contribution in [2.45, 2.75) is 72.1 Å². The number of ether oxygens (including phenoxy) is 2. The third-order valence-electron chi connectivity index (χ3n) is 3.89. The Bertz CT molecular complexity index is 510. The van der Waals surface area contributed by atoms with E-state index in [2.05, 4.69) is 53.7 Å². The third-order valence-corrected chi connectivity index (χ3v) is 3.89. The molecule has 1 aromatic rings. The standard InChI is InChI=1S/C20H32O3/c1-9-23-17(21)11-10-14-12-15(19(2,3)4)18(22-8)16(13-14)20(5,6)7/h12-13H,9-11H2,1-8H3. The van der Waals surface area contributed by atoms with Gasteiger partial charge in [-0.05, 0) is 29.7 Å². The zero-order chi connectivity index (χ0) is 17.8. The third kappa shape index (κ3) is 5.26. The van der Waals surface area contributed by atoms with E-state index < -0.39 is 0 Å². The highest BCUT2D eigenvalue weighted by Crippen LogP contribution is 2.40. The van der Waals surface area contributed by atoms with Gasteiger partial charge in [-0.25, -0.2) is 0 Å². The summed E-state index contributed by atoms with van der Waals surface area (Å²) < 4.78 is 10.8. The summed E-state index contributed by atoms with van der Waals surface area (Å²) in [7, 11) is 1.73. The lowest BCUT2D eigenvalue weighted by atomic mass is 9.78. The molecule has 1 aromatic carbocycles. The quantitative estimate of drug-likeness (QED) is 0.732. The lowest BCUT2D eigenvalue weighted by Crippen LogP contribution is -2.20. The van der Waals surface area contributed by atoms with Crippen LogP contribution in [0.25, 0.3) is 0 Å². The molecule has 0 aliphatic rings. The molecular weight excluding hydrogens is 288 g/mol. The van der Waals surface area contributed by atoms with Crippen LogP contribution in [0, 0.1) is 0 Å². The molecule has 0 spiro atoms. The maximum Gasteiger partial charge on any atom is 0.306 e. The van der Waals surface area contributed by atoms with Gasteiger partial charge in [0.05, 0.1) is 13.7 Å². The van der Waals surface area contributed by atoms with Gasteiger partial charge in [0.2, 0.25) is 0 Å². The van der Waals surface area contributed by atoms with Crippen molar-refractivity contribution in [3.05, 3.63) is 28.8 Å². The zero-order valence-corrected chi connectivity index (χ0v) is 16.0. The molecule has 0 amide bonds. The molecule has 0 aliphatic carbocycles. The largest absolute Gasteiger partial charge is 0.496 e. The molecular formula is C20H32O3. The van der Waals surface area contributed by atoms with E-state index in [1.165, 1.54) is 11.1 Å². The van der Waals surface area contributed by atoms with Crippen LogP contribution in [0.4, 0.5) is 0 Å². The first-order valence-electron chi connectivity index (χ1n) is 8.38. The summed E-state index contributed by atoms with van der Waals surface area (Å²) in [5.41, 5.74) is 3.49. The van der Waals surface area contributed by atoms with E-state index in [1.54, 1.807) is 7.11 Å². The smallest absolute Gasteiger partial charge is 0.306 e. The second kappa shape index (κ2) is 7.37. The molecule has 0 heterocycles. The minimum absolute atomic E-state index is 0.0225. The van der Waals surface area contributed by atoms with Gasteiger partial charge in [-0.15, -0.1) is 0 Å². The molecule has 3 nitrogen and oxygen atoms in total. The van der Waals surface area contributed by atoms with Crippen molar-refractivity contribution in [2.75, 3.05) is 13.7 Å². The van der Waals surface area contributed by atoms with Crippen LogP contribution in [0.2, 0.25) is 0 Å². The van der Waals surface area contributed by atoms with Gasteiger partial charge in [0.15, 0.2) is 0 Å². The monoisotopic (exact) mass is 320 g/mol. The Morgan fingerprint density at radius 1 is 1.00 bits per heavy atom. The Kier molecular flexibility index (Phi) is 6.26. The Morgan fingerprint density at radius 3 is 1.83 bits per heavy atom. The molecule has 0 radical (unpaired) electrons. The number of hydrogen-bond acceptors (Lipinski definition) is 3. The predicted molar refractivity (Wildman–Crippen MR) is 95.3 cm³/mol. The molecule has 0 atom stereocenters. The van der Waals surface area contributed by atoms with Crippen LogP contribution in [-0.2, 0) is 26.8 Å². The Hall–Kier alpha value is -1.51. The molecule has 0 saturated carbocycles. The molecule has 0 unspecified atom stereocenters. The average molecular weight is 320 g/mol. The molecule has 3 heteroatoms. The van der Waals surface area contributed by atoms with Crippen molar-refractivity contribution in [1.29, 1.82) is 0 Å². The van der Waals surface area contributed by atoms with Gasteiger partial charge >= 0.3 is 5.97 Å². The summed E-state index contributed by atoms with van der Waals surface area (Å²) in [4.78, 5) is 11.7. The van der Waals surface area contributed by atoms with Gasteiger partial charge < -0.3 is 9.47 Å². The van der Waals surface area contributed by atoms with E-state index in [1.807, 2.05) is 6.92 Å². The first kappa shape index (κ1) is 19.5. The maximum atomic E-state index is 11.7. The van der Waals surface area contributed by atoms with Crippen molar-refractivity contribution in [3.8, 4) is 5.75 Å². The lowest BCUT2D eigenvalue weighted by Gasteiger charge is -2.30. The minimum atomic E-state index is -0.141. The number of carbonyl (C=O) groups is 1. The summed E-state index contributed by atoms with van der Waals surface area (Å²) in [5, 5.41) is 0. The summed E-state index contributed by atoms with van der Waals surface area (Å²) in [6.07, 6.45) is 1.10. The minimum Gasteiger partial charge on any atom is -0.496 e. The second-order valence-electron chi connectivity index (χ2n) is 8.03. The van der Waals surface area contributed by atoms with Gasteiger partial charge in [-0.2, -0.15) is 0 Å². The molecule has 0 N–H and O–H groups in total. The fourth-order valence-corrected chi connectivity index (χ4v) is 2.65. The van der Waals surface area contributed by atoms with E-state index in [9.17, 15) is 4.79 Å². The van der Waals surface area contributed by atoms with Crippen molar-refractivity contribution in [3.63, 3.8) is 0 Å². The van der Waals surface area contributed by atoms with E-state index in [0.717, 1.165) is 11.3 Å². The van der Waals surface area contributed by atoms with E-state index in [-0.39, 0.29) is 16.8 Å². The van der Waals surface area contributed by atoms with Crippen LogP contribution in [0.3, 0.4) is 0 Å². The van der Waals surface area contributed by atoms with Crippen LogP contribution in [0.1, 0.15) is 71.6 Å². The number of carbonyl (C=O) groups excluding carboxylic acids is 1. The highest BCUT2D eigenvalue weighted by molar-refractivity contribution is 5.69. The van der Waals surface area contributed by atoms with Crippen LogP contribution >= 0.6 is 0 Å². The van der Waals surface area contributed by atoms with Gasteiger partial charge in [0.25, 0.3) is 0 Å². The summed E-state index contributed by atoms with van der Waals surface area (Å²) in [6.45, 7) is 15.4. The van der Waals surface area contributed by atoms with Gasteiger partial charge in [0.1, 0.15) is 5.75 Å². The van der Waals surface area contributed by atoms with Gasteiger partial charge in [-0.3, -0.25) is 4.79 Å². The van der Waals surface area contributed by atoms with Gasteiger partial charge in [0, 0.05) is 17.5 Å². The fourth-order valence-electron chi connectivity index (χ4n) is 2.65. The average Bonchev–Trinajstić information content (AvgIpc) is 2.42. The van der Waals surface area contributed by atoms with Crippen LogP contribution < -0.4 is 4.74 Å². The van der Waals surface area contributed by atoms with Gasteiger partial charge in [-0.1, -0.05) is 53.7 Å². The number of rotatable bonds is 5. The number of methoxy groups -OCH3 is 1. The number of aryl methyl sites for hydroxylation is 1. The van der Waals surface area contributed by atoms with Crippen molar-refractivity contribution in [1.82, 2.24) is 0 Å². The molecule has 23 heavy (non-hydrogen) atoms. The highest BCUT2D eigenvalue weighted by atomic mass is 16.5. The molecule has 130 valence electrons. The molecule has 0 aromatic heterocycles. The summed E-state index contributed by atoms with van der Waals surface area (Å²) in [5.74, 6) is 0.822. The first-order valence-corrected chi connectivity index (χ1v) is 8.38. The fraction of sp³-hybridized carbons (Fsp3) is 0.650. The topological polar surface area (TPSA) is 35.5 Å². The van der Waals surface area contributed by atoms with Crippen molar-refractivity contribution in [2.24, 2.45) is 0 Å². The van der Waals surface area contributed by atoms with Crippen molar-refractivity contribution >= 4 is 5.97 Å².